The third-order valence-electron chi connectivity index (χ3n) is 3.48. The van der Waals surface area contributed by atoms with Gasteiger partial charge in [-0.1, -0.05) is 26.7 Å². The molecule has 2 rings (SSSR count). The van der Waals surface area contributed by atoms with Gasteiger partial charge in [-0.05, 0) is 18.9 Å². The zero-order valence-electron chi connectivity index (χ0n) is 11.3. The second kappa shape index (κ2) is 5.96. The minimum absolute atomic E-state index is 0.492. The van der Waals surface area contributed by atoms with Crippen molar-refractivity contribution in [2.45, 2.75) is 52.0 Å². The summed E-state index contributed by atoms with van der Waals surface area (Å²) in [4.78, 5) is 4.35. The van der Waals surface area contributed by atoms with Gasteiger partial charge in [0.05, 0.1) is 11.4 Å². The van der Waals surface area contributed by atoms with Crippen molar-refractivity contribution in [2.24, 2.45) is 5.73 Å². The zero-order valence-corrected chi connectivity index (χ0v) is 11.3. The molecule has 4 nitrogen and oxygen atoms in total. The maximum atomic E-state index is 5.73. The van der Waals surface area contributed by atoms with Crippen molar-refractivity contribution in [2.75, 3.05) is 0 Å². The van der Waals surface area contributed by atoms with Crippen LogP contribution in [0.15, 0.2) is 18.3 Å². The van der Waals surface area contributed by atoms with Gasteiger partial charge >= 0.3 is 0 Å². The molecule has 0 aliphatic heterocycles. The maximum absolute atomic E-state index is 5.73. The SMILES string of the molecule is CCCCC(CC)c1cc2nccc(CN)n2n1. The predicted molar refractivity (Wildman–Crippen MR) is 73.4 cm³/mol. The highest BCUT2D eigenvalue weighted by atomic mass is 15.3. The lowest BCUT2D eigenvalue weighted by atomic mass is 9.96. The van der Waals surface area contributed by atoms with E-state index in [0.717, 1.165) is 23.5 Å². The molecule has 0 bridgehead atoms. The van der Waals surface area contributed by atoms with E-state index >= 15 is 0 Å². The van der Waals surface area contributed by atoms with Crippen molar-refractivity contribution < 1.29 is 0 Å². The number of hydrogen-bond donors (Lipinski definition) is 1. The van der Waals surface area contributed by atoms with E-state index in [1.165, 1.54) is 19.3 Å². The lowest BCUT2D eigenvalue weighted by molar-refractivity contribution is 0.553. The van der Waals surface area contributed by atoms with Crippen LogP contribution in [0.4, 0.5) is 0 Å². The lowest BCUT2D eigenvalue weighted by Gasteiger charge is -2.10. The summed E-state index contributed by atoms with van der Waals surface area (Å²) >= 11 is 0. The van der Waals surface area contributed by atoms with Crippen LogP contribution in [-0.2, 0) is 6.54 Å². The Balaban J connectivity index is 2.33. The first-order valence-corrected chi connectivity index (χ1v) is 6.83. The Labute approximate surface area is 108 Å². The molecule has 98 valence electrons. The van der Waals surface area contributed by atoms with E-state index in [2.05, 4.69) is 30.0 Å². The lowest BCUT2D eigenvalue weighted by Crippen LogP contribution is -2.06. The minimum Gasteiger partial charge on any atom is -0.325 e. The molecule has 0 fully saturated rings. The Morgan fingerprint density at radius 3 is 2.89 bits per heavy atom. The van der Waals surface area contributed by atoms with Crippen molar-refractivity contribution in [3.63, 3.8) is 0 Å². The minimum atomic E-state index is 0.492. The topological polar surface area (TPSA) is 56.2 Å². The van der Waals surface area contributed by atoms with Crippen LogP contribution in [0.25, 0.3) is 5.65 Å². The highest BCUT2D eigenvalue weighted by molar-refractivity contribution is 5.41. The van der Waals surface area contributed by atoms with Gasteiger partial charge < -0.3 is 5.73 Å². The van der Waals surface area contributed by atoms with E-state index in [9.17, 15) is 0 Å². The van der Waals surface area contributed by atoms with Crippen LogP contribution in [0, 0.1) is 0 Å². The standard InChI is InChI=1S/C14H22N4/c1-3-5-6-11(4-2)13-9-14-16-8-7-12(10-15)18(14)17-13/h7-9,11H,3-6,10,15H2,1-2H3. The Kier molecular flexibility index (Phi) is 4.31. The molecule has 2 aromatic heterocycles. The summed E-state index contributed by atoms with van der Waals surface area (Å²) in [6.45, 7) is 4.94. The Bertz CT molecular complexity index is 503. The van der Waals surface area contributed by atoms with Crippen LogP contribution in [0.5, 0.6) is 0 Å². The molecule has 4 heteroatoms. The summed E-state index contributed by atoms with van der Waals surface area (Å²) in [5, 5.41) is 4.68. The molecular weight excluding hydrogens is 224 g/mol. The molecule has 18 heavy (non-hydrogen) atoms. The van der Waals surface area contributed by atoms with Crippen molar-refractivity contribution >= 4 is 5.65 Å². The fourth-order valence-electron chi connectivity index (χ4n) is 2.33. The molecule has 0 saturated carbocycles. The largest absolute Gasteiger partial charge is 0.325 e. The van der Waals surface area contributed by atoms with Crippen LogP contribution in [0.1, 0.15) is 56.8 Å². The summed E-state index contributed by atoms with van der Waals surface area (Å²) in [5.41, 5.74) is 8.79. The van der Waals surface area contributed by atoms with E-state index in [1.807, 2.05) is 10.6 Å². The average Bonchev–Trinajstić information content (AvgIpc) is 2.83. The van der Waals surface area contributed by atoms with Crippen molar-refractivity contribution in [3.8, 4) is 0 Å². The van der Waals surface area contributed by atoms with Gasteiger partial charge in [0.25, 0.3) is 0 Å². The first-order chi connectivity index (χ1) is 8.80. The highest BCUT2D eigenvalue weighted by Gasteiger charge is 2.14. The molecular formula is C14H22N4. The number of nitrogens with two attached hydrogens (primary N) is 1. The fourth-order valence-corrected chi connectivity index (χ4v) is 2.33. The molecule has 0 spiro atoms. The van der Waals surface area contributed by atoms with E-state index in [0.29, 0.717) is 12.5 Å². The van der Waals surface area contributed by atoms with Gasteiger partial charge in [-0.2, -0.15) is 5.10 Å². The Hall–Kier alpha value is -1.42. The fraction of sp³-hybridized carbons (Fsp3) is 0.571. The van der Waals surface area contributed by atoms with Crippen LogP contribution in [0.3, 0.4) is 0 Å². The van der Waals surface area contributed by atoms with Crippen LogP contribution in [0.2, 0.25) is 0 Å². The van der Waals surface area contributed by atoms with Gasteiger partial charge in [-0.15, -0.1) is 0 Å². The zero-order chi connectivity index (χ0) is 13.0. The summed E-state index contributed by atoms with van der Waals surface area (Å²) < 4.78 is 1.88. The number of nitrogens with zero attached hydrogens (tertiary/aromatic N) is 3. The second-order valence-corrected chi connectivity index (χ2v) is 4.73. The van der Waals surface area contributed by atoms with Crippen molar-refractivity contribution in [3.05, 3.63) is 29.7 Å². The van der Waals surface area contributed by atoms with E-state index in [4.69, 9.17) is 5.73 Å². The van der Waals surface area contributed by atoms with Gasteiger partial charge in [0.2, 0.25) is 0 Å². The van der Waals surface area contributed by atoms with Gasteiger partial charge in [-0.3, -0.25) is 0 Å². The Morgan fingerprint density at radius 1 is 1.39 bits per heavy atom. The third kappa shape index (κ3) is 2.53. The van der Waals surface area contributed by atoms with E-state index < -0.39 is 0 Å². The Morgan fingerprint density at radius 2 is 2.22 bits per heavy atom. The monoisotopic (exact) mass is 246 g/mol. The quantitative estimate of drug-likeness (QED) is 0.852. The molecule has 0 amide bonds. The number of rotatable bonds is 6. The van der Waals surface area contributed by atoms with Crippen molar-refractivity contribution in [1.29, 1.82) is 0 Å². The summed E-state index contributed by atoms with van der Waals surface area (Å²) in [5.74, 6) is 0.539. The molecule has 2 aromatic rings. The molecule has 0 radical (unpaired) electrons. The van der Waals surface area contributed by atoms with Gasteiger partial charge in [0.15, 0.2) is 5.65 Å². The molecule has 2 N–H and O–H groups in total. The molecule has 0 saturated heterocycles. The number of unbranched alkanes of at least 4 members (excludes halogenated alkanes) is 1. The summed E-state index contributed by atoms with van der Waals surface area (Å²) in [6.07, 6.45) is 6.62. The summed E-state index contributed by atoms with van der Waals surface area (Å²) in [6, 6.07) is 4.03. The van der Waals surface area contributed by atoms with Crippen LogP contribution in [-0.4, -0.2) is 14.6 Å². The number of aromatic nitrogens is 3. The number of fused-ring (bicyclic) bond motifs is 1. The van der Waals surface area contributed by atoms with Gasteiger partial charge in [0.1, 0.15) is 0 Å². The smallest absolute Gasteiger partial charge is 0.155 e. The molecule has 0 aromatic carbocycles. The molecule has 0 aliphatic rings. The van der Waals surface area contributed by atoms with E-state index in [1.54, 1.807) is 6.20 Å². The molecule has 0 aliphatic carbocycles. The number of hydrogen-bond acceptors (Lipinski definition) is 3. The van der Waals surface area contributed by atoms with Crippen LogP contribution < -0.4 is 5.73 Å². The van der Waals surface area contributed by atoms with Gasteiger partial charge in [0, 0.05) is 24.7 Å². The predicted octanol–water partition coefficient (Wildman–Crippen LogP) is 2.87. The van der Waals surface area contributed by atoms with E-state index in [-0.39, 0.29) is 0 Å². The van der Waals surface area contributed by atoms with Crippen molar-refractivity contribution in [1.82, 2.24) is 14.6 Å². The third-order valence-corrected chi connectivity index (χ3v) is 3.48. The molecule has 2 heterocycles. The molecule has 1 atom stereocenters. The first-order valence-electron chi connectivity index (χ1n) is 6.83. The first kappa shape index (κ1) is 13.0. The maximum Gasteiger partial charge on any atom is 0.155 e. The van der Waals surface area contributed by atoms with Crippen LogP contribution >= 0.6 is 0 Å². The van der Waals surface area contributed by atoms with Gasteiger partial charge in [-0.25, -0.2) is 9.50 Å². The molecule has 1 unspecified atom stereocenters. The second-order valence-electron chi connectivity index (χ2n) is 4.73. The average molecular weight is 246 g/mol. The highest BCUT2D eigenvalue weighted by Crippen LogP contribution is 2.25. The normalized spacial score (nSPS) is 13.1. The summed E-state index contributed by atoms with van der Waals surface area (Å²) in [7, 11) is 0.